The van der Waals surface area contributed by atoms with E-state index in [1.54, 1.807) is 0 Å². The molecule has 0 aliphatic carbocycles. The number of hydrogen-bond donors (Lipinski definition) is 2. The summed E-state index contributed by atoms with van der Waals surface area (Å²) in [6.45, 7) is 0.521. The maximum absolute atomic E-state index is 11.8. The molecule has 0 bridgehead atoms. The zero-order chi connectivity index (χ0) is 17.5. The molecule has 128 valence electrons. The first-order chi connectivity index (χ1) is 12.2. The number of imidazole rings is 1. The Labute approximate surface area is 145 Å². The lowest BCUT2D eigenvalue weighted by Gasteiger charge is -2.05. The summed E-state index contributed by atoms with van der Waals surface area (Å²) in [5, 5.41) is 2.75. The van der Waals surface area contributed by atoms with Gasteiger partial charge in [0, 0.05) is 6.42 Å². The van der Waals surface area contributed by atoms with Crippen molar-refractivity contribution in [3.8, 4) is 0 Å². The fourth-order valence-corrected chi connectivity index (χ4v) is 2.39. The predicted octanol–water partition coefficient (Wildman–Crippen LogP) is 2.70. The van der Waals surface area contributed by atoms with Crippen LogP contribution in [0, 0.1) is 0 Å². The third-order valence-electron chi connectivity index (χ3n) is 3.69. The van der Waals surface area contributed by atoms with Crippen molar-refractivity contribution in [2.24, 2.45) is 0 Å². The molecule has 1 heterocycles. The lowest BCUT2D eigenvalue weighted by atomic mass is 10.2. The van der Waals surface area contributed by atoms with Crippen LogP contribution in [-0.2, 0) is 27.5 Å². The minimum atomic E-state index is -0.386. The molecule has 1 aromatic heterocycles. The first-order valence-corrected chi connectivity index (χ1v) is 8.10. The first kappa shape index (κ1) is 16.7. The maximum atomic E-state index is 11.8. The van der Waals surface area contributed by atoms with Crippen LogP contribution in [0.25, 0.3) is 11.0 Å². The van der Waals surface area contributed by atoms with Gasteiger partial charge in [0.1, 0.15) is 12.4 Å². The zero-order valence-corrected chi connectivity index (χ0v) is 13.7. The monoisotopic (exact) mass is 337 g/mol. The second-order valence-electron chi connectivity index (χ2n) is 5.62. The molecular formula is C19H19N3O3. The van der Waals surface area contributed by atoms with Gasteiger partial charge in [-0.25, -0.2) is 4.98 Å². The van der Waals surface area contributed by atoms with Crippen LogP contribution in [0.1, 0.15) is 24.2 Å². The number of fused-ring (bicyclic) bond motifs is 1. The van der Waals surface area contributed by atoms with Crippen molar-refractivity contribution in [2.75, 3.05) is 0 Å². The number of nitrogens with one attached hydrogen (secondary N) is 2. The normalized spacial score (nSPS) is 10.6. The Balaban J connectivity index is 1.38. The van der Waals surface area contributed by atoms with Crippen LogP contribution in [0.3, 0.4) is 0 Å². The molecule has 0 aliphatic heterocycles. The van der Waals surface area contributed by atoms with Crippen LogP contribution in [0.5, 0.6) is 0 Å². The summed E-state index contributed by atoms with van der Waals surface area (Å²) in [6.07, 6.45) is 0.145. The summed E-state index contributed by atoms with van der Waals surface area (Å²) < 4.78 is 5.14. The van der Waals surface area contributed by atoms with Gasteiger partial charge in [-0.1, -0.05) is 42.5 Å². The average Bonchev–Trinajstić information content (AvgIpc) is 3.07. The van der Waals surface area contributed by atoms with Gasteiger partial charge in [0.05, 0.1) is 24.0 Å². The Morgan fingerprint density at radius 2 is 1.76 bits per heavy atom. The number of esters is 1. The summed E-state index contributed by atoms with van der Waals surface area (Å²) in [5.41, 5.74) is 2.71. The van der Waals surface area contributed by atoms with E-state index in [1.165, 1.54) is 0 Å². The number of amides is 1. The van der Waals surface area contributed by atoms with E-state index < -0.39 is 0 Å². The number of carbonyl (C=O) groups excluding carboxylic acids is 2. The molecule has 3 rings (SSSR count). The molecule has 2 N–H and O–H groups in total. The highest BCUT2D eigenvalue weighted by molar-refractivity contribution is 5.81. The molecule has 0 aliphatic rings. The SMILES string of the molecule is O=C(CCC(=O)OCc1ccccc1)NCc1nc2ccccc2[nH]1. The Morgan fingerprint density at radius 3 is 2.56 bits per heavy atom. The van der Waals surface area contributed by atoms with E-state index in [-0.39, 0.29) is 31.3 Å². The molecule has 6 nitrogen and oxygen atoms in total. The number of ether oxygens (including phenoxy) is 1. The molecule has 0 saturated heterocycles. The molecule has 0 fully saturated rings. The van der Waals surface area contributed by atoms with E-state index >= 15 is 0 Å². The van der Waals surface area contributed by atoms with Crippen molar-refractivity contribution in [3.05, 3.63) is 66.0 Å². The number of H-pyrrole nitrogens is 1. The second-order valence-corrected chi connectivity index (χ2v) is 5.62. The van der Waals surface area contributed by atoms with Crippen molar-refractivity contribution in [2.45, 2.75) is 26.0 Å². The molecule has 0 radical (unpaired) electrons. The van der Waals surface area contributed by atoms with Gasteiger partial charge in [-0.05, 0) is 17.7 Å². The topological polar surface area (TPSA) is 84.1 Å². The number of carbonyl (C=O) groups is 2. The summed E-state index contributed by atoms with van der Waals surface area (Å²) in [4.78, 5) is 31.1. The number of aromatic nitrogens is 2. The standard InChI is InChI=1S/C19H19N3O3/c23-18(10-11-19(24)25-13-14-6-2-1-3-7-14)20-12-17-21-15-8-4-5-9-16(15)22-17/h1-9H,10-13H2,(H,20,23)(H,21,22). The van der Waals surface area contributed by atoms with E-state index in [0.717, 1.165) is 16.6 Å². The van der Waals surface area contributed by atoms with Gasteiger partial charge in [-0.15, -0.1) is 0 Å². The van der Waals surface area contributed by atoms with Crippen molar-refractivity contribution < 1.29 is 14.3 Å². The van der Waals surface area contributed by atoms with Crippen LogP contribution < -0.4 is 5.32 Å². The molecule has 6 heteroatoms. The highest BCUT2D eigenvalue weighted by atomic mass is 16.5. The van der Waals surface area contributed by atoms with Gasteiger partial charge in [-0.3, -0.25) is 9.59 Å². The number of benzene rings is 2. The van der Waals surface area contributed by atoms with Crippen LogP contribution in [-0.4, -0.2) is 21.8 Å². The summed E-state index contributed by atoms with van der Waals surface area (Å²) in [7, 11) is 0. The number of para-hydroxylation sites is 2. The zero-order valence-electron chi connectivity index (χ0n) is 13.7. The van der Waals surface area contributed by atoms with Gasteiger partial charge in [0.2, 0.25) is 5.91 Å². The molecule has 0 spiro atoms. The van der Waals surface area contributed by atoms with Crippen LogP contribution in [0.15, 0.2) is 54.6 Å². The van der Waals surface area contributed by atoms with Gasteiger partial charge in [-0.2, -0.15) is 0 Å². The highest BCUT2D eigenvalue weighted by Crippen LogP contribution is 2.10. The maximum Gasteiger partial charge on any atom is 0.306 e. The van der Waals surface area contributed by atoms with Crippen molar-refractivity contribution in [1.29, 1.82) is 0 Å². The molecular weight excluding hydrogens is 318 g/mol. The summed E-state index contributed by atoms with van der Waals surface area (Å²) in [6, 6.07) is 17.1. The van der Waals surface area contributed by atoms with E-state index in [1.807, 2.05) is 54.6 Å². The highest BCUT2D eigenvalue weighted by Gasteiger charge is 2.09. The van der Waals surface area contributed by atoms with Crippen molar-refractivity contribution in [3.63, 3.8) is 0 Å². The Bertz CT molecular complexity index is 825. The van der Waals surface area contributed by atoms with Crippen LogP contribution in [0.4, 0.5) is 0 Å². The Kier molecular flexibility index (Phi) is 5.41. The molecule has 0 unspecified atom stereocenters. The number of rotatable bonds is 7. The van der Waals surface area contributed by atoms with Gasteiger partial charge in [0.25, 0.3) is 0 Å². The lowest BCUT2D eigenvalue weighted by Crippen LogP contribution is -2.24. The van der Waals surface area contributed by atoms with E-state index in [0.29, 0.717) is 12.4 Å². The van der Waals surface area contributed by atoms with Crippen LogP contribution in [0.2, 0.25) is 0 Å². The largest absolute Gasteiger partial charge is 0.461 e. The summed E-state index contributed by atoms with van der Waals surface area (Å²) in [5.74, 6) is 0.0843. The van der Waals surface area contributed by atoms with Gasteiger partial charge >= 0.3 is 5.97 Å². The fourth-order valence-electron chi connectivity index (χ4n) is 2.39. The molecule has 0 saturated carbocycles. The average molecular weight is 337 g/mol. The second kappa shape index (κ2) is 8.10. The molecule has 25 heavy (non-hydrogen) atoms. The van der Waals surface area contributed by atoms with E-state index in [4.69, 9.17) is 4.74 Å². The summed E-state index contributed by atoms with van der Waals surface area (Å²) >= 11 is 0. The smallest absolute Gasteiger partial charge is 0.306 e. The van der Waals surface area contributed by atoms with Gasteiger partial charge in [0.15, 0.2) is 0 Å². The molecule has 0 atom stereocenters. The van der Waals surface area contributed by atoms with Crippen molar-refractivity contribution in [1.82, 2.24) is 15.3 Å². The fraction of sp³-hybridized carbons (Fsp3) is 0.211. The molecule has 3 aromatic rings. The lowest BCUT2D eigenvalue weighted by molar-refractivity contribution is -0.146. The van der Waals surface area contributed by atoms with Gasteiger partial charge < -0.3 is 15.0 Å². The molecule has 1 amide bonds. The van der Waals surface area contributed by atoms with E-state index in [9.17, 15) is 9.59 Å². The molecule has 2 aromatic carbocycles. The minimum Gasteiger partial charge on any atom is -0.461 e. The van der Waals surface area contributed by atoms with E-state index in [2.05, 4.69) is 15.3 Å². The predicted molar refractivity (Wildman–Crippen MR) is 93.4 cm³/mol. The Morgan fingerprint density at radius 1 is 1.00 bits per heavy atom. The minimum absolute atomic E-state index is 0.0544. The third-order valence-corrected chi connectivity index (χ3v) is 3.69. The van der Waals surface area contributed by atoms with Crippen LogP contribution >= 0.6 is 0 Å². The number of nitrogens with zero attached hydrogens (tertiary/aromatic N) is 1. The quantitative estimate of drug-likeness (QED) is 0.649. The first-order valence-electron chi connectivity index (χ1n) is 8.10. The number of aromatic amines is 1. The Hall–Kier alpha value is -3.15. The third kappa shape index (κ3) is 4.91. The number of hydrogen-bond acceptors (Lipinski definition) is 4. The van der Waals surface area contributed by atoms with Crippen molar-refractivity contribution >= 4 is 22.9 Å².